The minimum absolute atomic E-state index is 0.0338. The van der Waals surface area contributed by atoms with Crippen LogP contribution in [0.5, 0.6) is 0 Å². The maximum atomic E-state index is 12.2. The summed E-state index contributed by atoms with van der Waals surface area (Å²) in [5, 5.41) is 0. The van der Waals surface area contributed by atoms with Crippen molar-refractivity contribution in [1.29, 1.82) is 0 Å². The van der Waals surface area contributed by atoms with Crippen molar-refractivity contribution in [1.82, 2.24) is 14.5 Å². The average Bonchev–Trinajstić information content (AvgIpc) is 3.17. The van der Waals surface area contributed by atoms with Crippen molar-refractivity contribution in [3.8, 4) is 0 Å². The second kappa shape index (κ2) is 5.40. The molecule has 0 unspecified atom stereocenters. The van der Waals surface area contributed by atoms with Gasteiger partial charge in [0.25, 0.3) is 5.91 Å². The molecule has 1 saturated heterocycles. The van der Waals surface area contributed by atoms with E-state index >= 15 is 0 Å². The van der Waals surface area contributed by atoms with Gasteiger partial charge in [0, 0.05) is 45.1 Å². The summed E-state index contributed by atoms with van der Waals surface area (Å²) in [7, 11) is 0. The number of piperazine rings is 1. The van der Waals surface area contributed by atoms with Crippen LogP contribution in [0.25, 0.3) is 0 Å². The molecule has 0 N–H and O–H groups in total. The fourth-order valence-electron chi connectivity index (χ4n) is 2.50. The van der Waals surface area contributed by atoms with E-state index in [2.05, 4.69) is 21.4 Å². The summed E-state index contributed by atoms with van der Waals surface area (Å²) in [6, 6.07) is 3.44. The molecule has 3 rings (SSSR count). The predicted octanol–water partition coefficient (Wildman–Crippen LogP) is 1.46. The number of aromatic nitrogens is 2. The zero-order valence-electron chi connectivity index (χ0n) is 11.5. The van der Waals surface area contributed by atoms with Gasteiger partial charge < -0.3 is 18.8 Å². The molecule has 1 fully saturated rings. The van der Waals surface area contributed by atoms with Crippen LogP contribution in [0, 0.1) is 0 Å². The lowest BCUT2D eigenvalue weighted by molar-refractivity contribution is 0.0714. The second-order valence-electron chi connectivity index (χ2n) is 4.77. The largest absolute Gasteiger partial charge is 0.459 e. The Balaban J connectivity index is 1.64. The molecular weight excluding hydrogens is 256 g/mol. The number of aryl methyl sites for hydroxylation is 1. The highest BCUT2D eigenvalue weighted by Gasteiger charge is 2.25. The maximum Gasteiger partial charge on any atom is 0.289 e. The van der Waals surface area contributed by atoms with Gasteiger partial charge in [-0.25, -0.2) is 4.98 Å². The highest BCUT2D eigenvalue weighted by molar-refractivity contribution is 5.91. The van der Waals surface area contributed by atoms with Crippen molar-refractivity contribution in [2.75, 3.05) is 31.1 Å². The minimum Gasteiger partial charge on any atom is -0.459 e. The van der Waals surface area contributed by atoms with Crippen LogP contribution in [-0.2, 0) is 6.54 Å². The Morgan fingerprint density at radius 3 is 2.80 bits per heavy atom. The lowest BCUT2D eigenvalue weighted by Crippen LogP contribution is -2.49. The number of nitrogens with zero attached hydrogens (tertiary/aromatic N) is 4. The molecule has 6 heteroatoms. The van der Waals surface area contributed by atoms with Crippen molar-refractivity contribution in [2.45, 2.75) is 13.5 Å². The van der Waals surface area contributed by atoms with Crippen LogP contribution < -0.4 is 4.90 Å². The number of hydrogen-bond acceptors (Lipinski definition) is 4. The summed E-state index contributed by atoms with van der Waals surface area (Å²) < 4.78 is 7.28. The minimum atomic E-state index is -0.0338. The molecule has 2 aromatic heterocycles. The molecule has 0 aliphatic carbocycles. The Hall–Kier alpha value is -2.24. The van der Waals surface area contributed by atoms with Gasteiger partial charge in [0.05, 0.1) is 6.26 Å². The van der Waals surface area contributed by atoms with Gasteiger partial charge in [-0.3, -0.25) is 4.79 Å². The average molecular weight is 274 g/mol. The summed E-state index contributed by atoms with van der Waals surface area (Å²) in [6.07, 6.45) is 5.33. The highest BCUT2D eigenvalue weighted by atomic mass is 16.3. The van der Waals surface area contributed by atoms with E-state index in [1.807, 2.05) is 17.3 Å². The molecule has 1 aliphatic rings. The molecular formula is C14H18N4O2. The van der Waals surface area contributed by atoms with Crippen LogP contribution in [-0.4, -0.2) is 46.5 Å². The number of furan rings is 1. The van der Waals surface area contributed by atoms with Crippen LogP contribution in [0.1, 0.15) is 17.5 Å². The molecule has 0 saturated carbocycles. The van der Waals surface area contributed by atoms with Crippen molar-refractivity contribution < 1.29 is 9.21 Å². The van der Waals surface area contributed by atoms with E-state index in [9.17, 15) is 4.79 Å². The zero-order valence-corrected chi connectivity index (χ0v) is 11.5. The Morgan fingerprint density at radius 2 is 2.15 bits per heavy atom. The van der Waals surface area contributed by atoms with Gasteiger partial charge in [0.1, 0.15) is 0 Å². The second-order valence-corrected chi connectivity index (χ2v) is 4.77. The number of carbonyl (C=O) groups excluding carboxylic acids is 1. The fraction of sp³-hybridized carbons (Fsp3) is 0.429. The molecule has 0 aromatic carbocycles. The first-order valence-corrected chi connectivity index (χ1v) is 6.88. The molecule has 2 aromatic rings. The topological polar surface area (TPSA) is 54.5 Å². The highest BCUT2D eigenvalue weighted by Crippen LogP contribution is 2.15. The molecule has 106 valence electrons. The first-order valence-electron chi connectivity index (χ1n) is 6.88. The zero-order chi connectivity index (χ0) is 13.9. The SMILES string of the molecule is CCn1ccnc1N1CCN(C(=O)c2ccco2)CC1. The molecule has 0 spiro atoms. The monoisotopic (exact) mass is 274 g/mol. The van der Waals surface area contributed by atoms with Gasteiger partial charge in [-0.1, -0.05) is 0 Å². The first kappa shape index (κ1) is 12.8. The third-order valence-electron chi connectivity index (χ3n) is 3.62. The van der Waals surface area contributed by atoms with Gasteiger partial charge in [-0.2, -0.15) is 0 Å². The number of carbonyl (C=O) groups is 1. The molecule has 3 heterocycles. The van der Waals surface area contributed by atoms with Crippen molar-refractivity contribution in [3.63, 3.8) is 0 Å². The Morgan fingerprint density at radius 1 is 1.35 bits per heavy atom. The van der Waals surface area contributed by atoms with Crippen LogP contribution in [0.4, 0.5) is 5.95 Å². The Kier molecular flexibility index (Phi) is 3.45. The third-order valence-corrected chi connectivity index (χ3v) is 3.62. The molecule has 0 radical (unpaired) electrons. The van der Waals surface area contributed by atoms with Crippen LogP contribution in [0.3, 0.4) is 0 Å². The number of hydrogen-bond donors (Lipinski definition) is 0. The van der Waals surface area contributed by atoms with E-state index < -0.39 is 0 Å². The molecule has 20 heavy (non-hydrogen) atoms. The quantitative estimate of drug-likeness (QED) is 0.850. The summed E-state index contributed by atoms with van der Waals surface area (Å²) in [6.45, 7) is 5.97. The van der Waals surface area contributed by atoms with E-state index in [4.69, 9.17) is 4.42 Å². The van der Waals surface area contributed by atoms with E-state index in [1.54, 1.807) is 12.1 Å². The summed E-state index contributed by atoms with van der Waals surface area (Å²) in [5.41, 5.74) is 0. The number of imidazole rings is 1. The standard InChI is InChI=1S/C14H18N4O2/c1-2-16-6-5-15-14(16)18-9-7-17(8-10-18)13(19)12-4-3-11-20-12/h3-6,11H,2,7-10H2,1H3. The van der Waals surface area contributed by atoms with E-state index in [0.717, 1.165) is 25.6 Å². The molecule has 1 aliphatic heterocycles. The van der Waals surface area contributed by atoms with Crippen LogP contribution >= 0.6 is 0 Å². The first-order chi connectivity index (χ1) is 9.79. The maximum absolute atomic E-state index is 12.2. The van der Waals surface area contributed by atoms with Gasteiger partial charge in [0.2, 0.25) is 5.95 Å². The number of amides is 1. The lowest BCUT2D eigenvalue weighted by Gasteiger charge is -2.35. The van der Waals surface area contributed by atoms with E-state index in [-0.39, 0.29) is 5.91 Å². The van der Waals surface area contributed by atoms with E-state index in [0.29, 0.717) is 18.8 Å². The lowest BCUT2D eigenvalue weighted by atomic mass is 10.3. The summed E-state index contributed by atoms with van der Waals surface area (Å²) in [5.74, 6) is 1.36. The van der Waals surface area contributed by atoms with Crippen molar-refractivity contribution >= 4 is 11.9 Å². The fourth-order valence-corrected chi connectivity index (χ4v) is 2.50. The van der Waals surface area contributed by atoms with Crippen molar-refractivity contribution in [3.05, 3.63) is 36.5 Å². The van der Waals surface area contributed by atoms with Gasteiger partial charge in [0.15, 0.2) is 5.76 Å². The van der Waals surface area contributed by atoms with Crippen LogP contribution in [0.15, 0.2) is 35.2 Å². The predicted molar refractivity (Wildman–Crippen MR) is 74.7 cm³/mol. The van der Waals surface area contributed by atoms with Gasteiger partial charge in [-0.05, 0) is 19.1 Å². The smallest absolute Gasteiger partial charge is 0.289 e. The summed E-state index contributed by atoms with van der Waals surface area (Å²) in [4.78, 5) is 20.6. The van der Waals surface area contributed by atoms with Gasteiger partial charge in [-0.15, -0.1) is 0 Å². The molecule has 6 nitrogen and oxygen atoms in total. The molecule has 1 amide bonds. The van der Waals surface area contributed by atoms with Crippen molar-refractivity contribution in [2.24, 2.45) is 0 Å². The van der Waals surface area contributed by atoms with Crippen LogP contribution in [0.2, 0.25) is 0 Å². The van der Waals surface area contributed by atoms with E-state index in [1.165, 1.54) is 6.26 Å². The molecule has 0 atom stereocenters. The Labute approximate surface area is 117 Å². The third kappa shape index (κ3) is 2.29. The summed E-state index contributed by atoms with van der Waals surface area (Å²) >= 11 is 0. The number of anilines is 1. The normalized spacial score (nSPS) is 15.7. The molecule has 0 bridgehead atoms. The Bertz CT molecular complexity index is 568. The van der Waals surface area contributed by atoms with Gasteiger partial charge >= 0.3 is 0 Å². The number of rotatable bonds is 3.